The molecule has 1 heterocycles. The lowest BCUT2D eigenvalue weighted by Crippen LogP contribution is -2.42. The van der Waals surface area contributed by atoms with E-state index in [0.29, 0.717) is 11.7 Å². The number of nitrogens with one attached hydrogen (secondary N) is 1. The molecule has 2 unspecified atom stereocenters. The van der Waals surface area contributed by atoms with Gasteiger partial charge in [-0.15, -0.1) is 0 Å². The molecule has 1 aliphatic heterocycles. The Labute approximate surface area is 121 Å². The van der Waals surface area contributed by atoms with Crippen molar-refractivity contribution in [3.63, 3.8) is 0 Å². The number of piperidine rings is 1. The lowest BCUT2D eigenvalue weighted by molar-refractivity contribution is -0.0327. The molecule has 0 spiro atoms. The zero-order valence-corrected chi connectivity index (χ0v) is 12.4. The van der Waals surface area contributed by atoms with Gasteiger partial charge in [0.2, 0.25) is 0 Å². The Morgan fingerprint density at radius 1 is 1.30 bits per heavy atom. The third-order valence-electron chi connectivity index (χ3n) is 3.68. The van der Waals surface area contributed by atoms with Gasteiger partial charge in [0.1, 0.15) is 0 Å². The maximum Gasteiger partial charge on any atom is 0.446 e. The van der Waals surface area contributed by atoms with Crippen molar-refractivity contribution in [2.45, 2.75) is 42.3 Å². The Kier molecular flexibility index (Phi) is 4.86. The third-order valence-corrected chi connectivity index (χ3v) is 4.49. The molecule has 0 aliphatic carbocycles. The van der Waals surface area contributed by atoms with Gasteiger partial charge in [0.05, 0.1) is 0 Å². The monoisotopic (exact) mass is 304 g/mol. The van der Waals surface area contributed by atoms with E-state index in [9.17, 15) is 13.2 Å². The smallest absolute Gasteiger partial charge is 0.381 e. The summed E-state index contributed by atoms with van der Waals surface area (Å²) in [5.41, 5.74) is -3.67. The summed E-state index contributed by atoms with van der Waals surface area (Å²) in [4.78, 5) is 2.51. The number of hydrogen-bond donors (Lipinski definition) is 1. The first-order chi connectivity index (χ1) is 9.35. The number of hydrogen-bond acceptors (Lipinski definition) is 3. The van der Waals surface area contributed by atoms with Crippen LogP contribution in [0, 0.1) is 0 Å². The summed E-state index contributed by atoms with van der Waals surface area (Å²) in [5, 5.41) is 3.28. The molecule has 112 valence electrons. The molecule has 0 saturated carbocycles. The van der Waals surface area contributed by atoms with Gasteiger partial charge in [0, 0.05) is 29.2 Å². The number of alkyl halides is 3. The fourth-order valence-corrected chi connectivity index (χ4v) is 3.07. The molecule has 0 bridgehead atoms. The van der Waals surface area contributed by atoms with Crippen LogP contribution in [0.15, 0.2) is 29.2 Å². The number of rotatable bonds is 3. The number of benzene rings is 1. The summed E-state index contributed by atoms with van der Waals surface area (Å²) in [6.45, 7) is 3.11. The molecule has 1 aromatic carbocycles. The summed E-state index contributed by atoms with van der Waals surface area (Å²) in [5.74, 6) is 0. The Hall–Kier alpha value is -0.880. The largest absolute Gasteiger partial charge is 0.446 e. The van der Waals surface area contributed by atoms with Crippen LogP contribution in [-0.2, 0) is 0 Å². The lowest BCUT2D eigenvalue weighted by atomic mass is 9.99. The van der Waals surface area contributed by atoms with Crippen LogP contribution < -0.4 is 5.32 Å². The second kappa shape index (κ2) is 6.26. The van der Waals surface area contributed by atoms with Crippen molar-refractivity contribution in [3.8, 4) is 0 Å². The minimum atomic E-state index is -4.25. The zero-order chi connectivity index (χ0) is 14.8. The van der Waals surface area contributed by atoms with Crippen LogP contribution in [0.3, 0.4) is 0 Å². The van der Waals surface area contributed by atoms with Crippen molar-refractivity contribution in [1.82, 2.24) is 4.90 Å². The van der Waals surface area contributed by atoms with Gasteiger partial charge in [-0.3, -0.25) is 0 Å². The number of nitrogens with zero attached hydrogens (tertiary/aromatic N) is 1. The number of halogens is 3. The average molecular weight is 304 g/mol. The van der Waals surface area contributed by atoms with Crippen LogP contribution in [0.25, 0.3) is 0 Å². The third kappa shape index (κ3) is 4.31. The number of likely N-dealkylation sites (tertiary alicyclic amines) is 1. The van der Waals surface area contributed by atoms with Crippen molar-refractivity contribution in [1.29, 1.82) is 0 Å². The van der Waals surface area contributed by atoms with Crippen molar-refractivity contribution in [3.05, 3.63) is 24.3 Å². The maximum atomic E-state index is 12.5. The molecular formula is C14H19F3N2S. The lowest BCUT2D eigenvalue weighted by Gasteiger charge is -2.36. The van der Waals surface area contributed by atoms with Gasteiger partial charge in [0.25, 0.3) is 0 Å². The van der Waals surface area contributed by atoms with Crippen molar-refractivity contribution < 1.29 is 13.2 Å². The molecule has 0 amide bonds. The summed E-state index contributed by atoms with van der Waals surface area (Å²) < 4.78 is 37.6. The molecule has 1 aliphatic rings. The Morgan fingerprint density at radius 2 is 2.00 bits per heavy atom. The zero-order valence-electron chi connectivity index (χ0n) is 11.6. The molecular weight excluding hydrogens is 285 g/mol. The second-order valence-electron chi connectivity index (χ2n) is 5.24. The fourth-order valence-electron chi connectivity index (χ4n) is 2.44. The summed E-state index contributed by atoms with van der Waals surface area (Å²) in [7, 11) is 2.08. The van der Waals surface area contributed by atoms with Crippen molar-refractivity contribution in [2.75, 3.05) is 18.9 Å². The van der Waals surface area contributed by atoms with Crippen LogP contribution >= 0.6 is 11.8 Å². The van der Waals surface area contributed by atoms with Gasteiger partial charge in [-0.2, -0.15) is 13.2 Å². The predicted octanol–water partition coefficient (Wildman–Crippen LogP) is 4.19. The van der Waals surface area contributed by atoms with Crippen LogP contribution in [0.4, 0.5) is 18.9 Å². The molecule has 0 radical (unpaired) electrons. The fraction of sp³-hybridized carbons (Fsp3) is 0.571. The molecule has 1 N–H and O–H groups in total. The van der Waals surface area contributed by atoms with E-state index in [-0.39, 0.29) is 22.7 Å². The van der Waals surface area contributed by atoms with E-state index < -0.39 is 5.51 Å². The van der Waals surface area contributed by atoms with Gasteiger partial charge in [0.15, 0.2) is 0 Å². The highest BCUT2D eigenvalue weighted by Crippen LogP contribution is 2.40. The van der Waals surface area contributed by atoms with E-state index in [1.165, 1.54) is 6.07 Å². The highest BCUT2D eigenvalue weighted by atomic mass is 32.2. The van der Waals surface area contributed by atoms with Gasteiger partial charge >= 0.3 is 5.51 Å². The van der Waals surface area contributed by atoms with Gasteiger partial charge in [-0.05, 0) is 50.7 Å². The quantitative estimate of drug-likeness (QED) is 0.843. The van der Waals surface area contributed by atoms with E-state index in [4.69, 9.17) is 0 Å². The summed E-state index contributed by atoms with van der Waals surface area (Å²) in [6, 6.07) is 7.31. The Morgan fingerprint density at radius 3 is 2.65 bits per heavy atom. The highest BCUT2D eigenvalue weighted by Gasteiger charge is 2.31. The van der Waals surface area contributed by atoms with Crippen LogP contribution in [-0.4, -0.2) is 36.1 Å². The SMILES string of the molecule is CC1CC(Nc2ccccc2SC(F)(F)F)CCN1C. The van der Waals surface area contributed by atoms with Gasteiger partial charge < -0.3 is 10.2 Å². The first kappa shape index (κ1) is 15.5. The molecule has 6 heteroatoms. The van der Waals surface area contributed by atoms with E-state index in [2.05, 4.69) is 24.2 Å². The van der Waals surface area contributed by atoms with E-state index >= 15 is 0 Å². The molecule has 2 nitrogen and oxygen atoms in total. The maximum absolute atomic E-state index is 12.5. The molecule has 1 fully saturated rings. The van der Waals surface area contributed by atoms with Crippen LogP contribution in [0.2, 0.25) is 0 Å². The second-order valence-corrected chi connectivity index (χ2v) is 6.35. The summed E-state index contributed by atoms with van der Waals surface area (Å²) in [6.07, 6.45) is 1.90. The minimum Gasteiger partial charge on any atom is -0.381 e. The normalized spacial score (nSPS) is 24.6. The van der Waals surface area contributed by atoms with Crippen molar-refractivity contribution >= 4 is 17.4 Å². The minimum absolute atomic E-state index is 0.0556. The van der Waals surface area contributed by atoms with Gasteiger partial charge in [-0.25, -0.2) is 0 Å². The Bertz CT molecular complexity index is 450. The highest BCUT2D eigenvalue weighted by molar-refractivity contribution is 8.00. The first-order valence-electron chi connectivity index (χ1n) is 6.66. The molecule has 0 aromatic heterocycles. The molecule has 1 saturated heterocycles. The average Bonchev–Trinajstić information content (AvgIpc) is 2.34. The first-order valence-corrected chi connectivity index (χ1v) is 7.48. The molecule has 20 heavy (non-hydrogen) atoms. The van der Waals surface area contributed by atoms with Crippen molar-refractivity contribution in [2.24, 2.45) is 0 Å². The number of thioether (sulfide) groups is 1. The standard InChI is InChI=1S/C14H19F3N2S/c1-10-9-11(7-8-19(10)2)18-12-5-3-4-6-13(12)20-14(15,16)17/h3-6,10-11,18H,7-9H2,1-2H3. The summed E-state index contributed by atoms with van der Waals surface area (Å²) >= 11 is -0.0556. The van der Waals surface area contributed by atoms with Gasteiger partial charge in [-0.1, -0.05) is 12.1 Å². The van der Waals surface area contributed by atoms with Crippen LogP contribution in [0.5, 0.6) is 0 Å². The molecule has 1 aromatic rings. The number of para-hydroxylation sites is 1. The Balaban J connectivity index is 2.06. The number of anilines is 1. The molecule has 2 rings (SSSR count). The van der Waals surface area contributed by atoms with E-state index in [1.54, 1.807) is 18.2 Å². The van der Waals surface area contributed by atoms with E-state index in [1.807, 2.05) is 0 Å². The predicted molar refractivity (Wildman–Crippen MR) is 77.1 cm³/mol. The van der Waals surface area contributed by atoms with E-state index in [0.717, 1.165) is 19.4 Å². The van der Waals surface area contributed by atoms with Crippen LogP contribution in [0.1, 0.15) is 19.8 Å². The topological polar surface area (TPSA) is 15.3 Å². The molecule has 2 atom stereocenters.